The van der Waals surface area contributed by atoms with Crippen molar-refractivity contribution < 1.29 is 9.59 Å². The molecule has 0 bridgehead atoms. The number of fused-ring (bicyclic) bond motifs is 1. The highest BCUT2D eigenvalue weighted by Crippen LogP contribution is 2.36. The lowest BCUT2D eigenvalue weighted by molar-refractivity contribution is -0.130. The molecule has 0 spiro atoms. The smallest absolute Gasteiger partial charge is 0.245 e. The van der Waals surface area contributed by atoms with Gasteiger partial charge < -0.3 is 4.90 Å². The molecular formula is C13H18N2O2S. The SMILES string of the molecule is O=C=C1C(C(=O)N2CCSC2)NC2CCCCC12. The molecule has 0 radical (unpaired) electrons. The highest BCUT2D eigenvalue weighted by Gasteiger charge is 2.45. The summed E-state index contributed by atoms with van der Waals surface area (Å²) >= 11 is 1.77. The molecule has 3 atom stereocenters. The summed E-state index contributed by atoms with van der Waals surface area (Å²) in [6.07, 6.45) is 4.46. The Balaban J connectivity index is 1.79. The van der Waals surface area contributed by atoms with Crippen molar-refractivity contribution in [3.8, 4) is 0 Å². The Morgan fingerprint density at radius 2 is 2.22 bits per heavy atom. The molecule has 1 saturated carbocycles. The van der Waals surface area contributed by atoms with Crippen LogP contribution in [0.15, 0.2) is 5.57 Å². The normalized spacial score (nSPS) is 35.4. The van der Waals surface area contributed by atoms with Gasteiger partial charge >= 0.3 is 0 Å². The lowest BCUT2D eigenvalue weighted by atomic mass is 9.82. The van der Waals surface area contributed by atoms with E-state index >= 15 is 0 Å². The molecule has 98 valence electrons. The van der Waals surface area contributed by atoms with E-state index in [1.807, 2.05) is 4.90 Å². The van der Waals surface area contributed by atoms with Crippen LogP contribution in [0.3, 0.4) is 0 Å². The summed E-state index contributed by atoms with van der Waals surface area (Å²) in [5.41, 5.74) is 0.682. The lowest BCUT2D eigenvalue weighted by Gasteiger charge is -2.23. The average Bonchev–Trinajstić information content (AvgIpc) is 3.04. The number of nitrogens with one attached hydrogen (secondary N) is 1. The second kappa shape index (κ2) is 5.08. The maximum atomic E-state index is 12.4. The molecule has 3 fully saturated rings. The molecule has 1 aliphatic carbocycles. The maximum absolute atomic E-state index is 12.4. The molecule has 1 N–H and O–H groups in total. The summed E-state index contributed by atoms with van der Waals surface area (Å²) in [6.45, 7) is 0.809. The number of carbonyl (C=O) groups excluding carboxylic acids is 2. The number of rotatable bonds is 1. The van der Waals surface area contributed by atoms with Gasteiger partial charge in [0.25, 0.3) is 0 Å². The number of thioether (sulfide) groups is 1. The fourth-order valence-electron chi connectivity index (χ4n) is 3.33. The van der Waals surface area contributed by atoms with Gasteiger partial charge in [-0.2, -0.15) is 0 Å². The summed E-state index contributed by atoms with van der Waals surface area (Å²) in [6, 6.07) is -0.0753. The molecule has 2 aliphatic heterocycles. The summed E-state index contributed by atoms with van der Waals surface area (Å²) in [5, 5.41) is 3.37. The third-order valence-corrected chi connectivity index (χ3v) is 5.25. The third kappa shape index (κ3) is 2.00. The standard InChI is InChI=1S/C13H18N2O2S/c16-7-10-9-3-1-2-4-11(9)14-12(10)13(17)15-5-6-18-8-15/h9,11-12,14H,1-6,8H2. The van der Waals surface area contributed by atoms with E-state index in [4.69, 9.17) is 0 Å². The Bertz CT molecular complexity index is 400. The van der Waals surface area contributed by atoms with E-state index < -0.39 is 6.04 Å². The number of hydrogen-bond acceptors (Lipinski definition) is 4. The van der Waals surface area contributed by atoms with E-state index in [1.54, 1.807) is 11.8 Å². The monoisotopic (exact) mass is 266 g/mol. The largest absolute Gasteiger partial charge is 0.331 e. The van der Waals surface area contributed by atoms with Gasteiger partial charge in [0.05, 0.1) is 5.88 Å². The van der Waals surface area contributed by atoms with Crippen LogP contribution in [-0.4, -0.2) is 47.0 Å². The molecule has 3 unspecified atom stereocenters. The van der Waals surface area contributed by atoms with E-state index in [0.717, 1.165) is 37.4 Å². The van der Waals surface area contributed by atoms with Crippen LogP contribution in [0.1, 0.15) is 25.7 Å². The second-order valence-electron chi connectivity index (χ2n) is 5.29. The number of hydrogen-bond donors (Lipinski definition) is 1. The predicted octanol–water partition coefficient (Wildman–Crippen LogP) is 0.808. The van der Waals surface area contributed by atoms with Crippen molar-refractivity contribution in [2.45, 2.75) is 37.8 Å². The van der Waals surface area contributed by atoms with Crippen LogP contribution >= 0.6 is 11.8 Å². The molecule has 18 heavy (non-hydrogen) atoms. The van der Waals surface area contributed by atoms with Gasteiger partial charge in [0.2, 0.25) is 5.91 Å². The van der Waals surface area contributed by atoms with Gasteiger partial charge in [-0.25, -0.2) is 4.79 Å². The van der Waals surface area contributed by atoms with E-state index in [2.05, 4.69) is 11.3 Å². The quantitative estimate of drug-likeness (QED) is 0.714. The van der Waals surface area contributed by atoms with Crippen molar-refractivity contribution >= 4 is 23.6 Å². The van der Waals surface area contributed by atoms with Crippen molar-refractivity contribution in [3.05, 3.63) is 5.57 Å². The summed E-state index contributed by atoms with van der Waals surface area (Å²) in [7, 11) is 0. The van der Waals surface area contributed by atoms with E-state index in [0.29, 0.717) is 11.6 Å². The highest BCUT2D eigenvalue weighted by atomic mass is 32.2. The first-order valence-electron chi connectivity index (χ1n) is 6.68. The van der Waals surface area contributed by atoms with Crippen LogP contribution in [0.4, 0.5) is 0 Å². The van der Waals surface area contributed by atoms with E-state index in [1.165, 1.54) is 6.42 Å². The molecule has 0 aromatic rings. The molecular weight excluding hydrogens is 248 g/mol. The van der Waals surface area contributed by atoms with Crippen molar-refractivity contribution in [2.24, 2.45) is 5.92 Å². The fraction of sp³-hybridized carbons (Fsp3) is 0.769. The number of amides is 1. The van der Waals surface area contributed by atoms with Crippen LogP contribution < -0.4 is 5.32 Å². The molecule has 1 amide bonds. The Labute approximate surface area is 111 Å². The fourth-order valence-corrected chi connectivity index (χ4v) is 4.29. The first-order valence-corrected chi connectivity index (χ1v) is 7.84. The predicted molar refractivity (Wildman–Crippen MR) is 70.9 cm³/mol. The molecule has 4 nitrogen and oxygen atoms in total. The minimum atomic E-state index is -0.394. The van der Waals surface area contributed by atoms with Crippen LogP contribution in [0.5, 0.6) is 0 Å². The number of nitrogens with zero attached hydrogens (tertiary/aromatic N) is 1. The van der Waals surface area contributed by atoms with E-state index in [-0.39, 0.29) is 11.8 Å². The molecule has 2 heterocycles. The van der Waals surface area contributed by atoms with Gasteiger partial charge in [-0.3, -0.25) is 10.1 Å². The zero-order valence-corrected chi connectivity index (χ0v) is 11.2. The topological polar surface area (TPSA) is 49.4 Å². The van der Waals surface area contributed by atoms with Crippen molar-refractivity contribution in [2.75, 3.05) is 18.2 Å². The molecule has 5 heteroatoms. The van der Waals surface area contributed by atoms with Gasteiger partial charge in [-0.05, 0) is 12.8 Å². The molecule has 0 aromatic heterocycles. The Hall–Kier alpha value is -0.770. The van der Waals surface area contributed by atoms with Crippen molar-refractivity contribution in [1.82, 2.24) is 10.2 Å². The Morgan fingerprint density at radius 3 is 2.94 bits per heavy atom. The lowest BCUT2D eigenvalue weighted by Crippen LogP contribution is -2.45. The minimum Gasteiger partial charge on any atom is -0.331 e. The second-order valence-corrected chi connectivity index (χ2v) is 6.37. The first-order chi connectivity index (χ1) is 8.81. The van der Waals surface area contributed by atoms with Crippen LogP contribution in [0.2, 0.25) is 0 Å². The summed E-state index contributed by atoms with van der Waals surface area (Å²) in [5.74, 6) is 4.16. The Kier molecular flexibility index (Phi) is 3.46. The van der Waals surface area contributed by atoms with Crippen LogP contribution in [0.25, 0.3) is 0 Å². The van der Waals surface area contributed by atoms with Crippen LogP contribution in [0, 0.1) is 5.92 Å². The van der Waals surface area contributed by atoms with Gasteiger partial charge in [0, 0.05) is 29.8 Å². The average molecular weight is 266 g/mol. The Morgan fingerprint density at radius 1 is 1.39 bits per heavy atom. The van der Waals surface area contributed by atoms with Gasteiger partial charge in [0.15, 0.2) is 0 Å². The molecule has 3 rings (SSSR count). The number of carbonyl (C=O) groups is 1. The summed E-state index contributed by atoms with van der Waals surface area (Å²) in [4.78, 5) is 25.5. The zero-order chi connectivity index (χ0) is 12.5. The van der Waals surface area contributed by atoms with Gasteiger partial charge in [-0.1, -0.05) is 12.8 Å². The molecule has 0 aromatic carbocycles. The molecule has 2 saturated heterocycles. The highest BCUT2D eigenvalue weighted by molar-refractivity contribution is 7.99. The first kappa shape index (κ1) is 12.3. The van der Waals surface area contributed by atoms with Crippen molar-refractivity contribution in [1.29, 1.82) is 0 Å². The summed E-state index contributed by atoms with van der Waals surface area (Å²) < 4.78 is 0. The minimum absolute atomic E-state index is 0.0766. The third-order valence-electron chi connectivity index (χ3n) is 4.29. The molecule has 3 aliphatic rings. The van der Waals surface area contributed by atoms with Gasteiger partial charge in [-0.15, -0.1) is 11.8 Å². The van der Waals surface area contributed by atoms with Crippen molar-refractivity contribution in [3.63, 3.8) is 0 Å². The maximum Gasteiger partial charge on any atom is 0.245 e. The van der Waals surface area contributed by atoms with Gasteiger partial charge in [0.1, 0.15) is 12.0 Å². The van der Waals surface area contributed by atoms with E-state index in [9.17, 15) is 9.59 Å². The van der Waals surface area contributed by atoms with Crippen LogP contribution in [-0.2, 0) is 9.59 Å². The zero-order valence-electron chi connectivity index (χ0n) is 10.4.